The number of carboxylic acid groups (broad SMARTS) is 1. The number of ether oxygens (including phenoxy) is 1. The normalized spacial score (nSPS) is 25.1. The minimum atomic E-state index is -1.40. The average Bonchev–Trinajstić information content (AvgIpc) is 2.85. The zero-order valence-corrected chi connectivity index (χ0v) is 10.2. The number of morpholine rings is 1. The van der Waals surface area contributed by atoms with Crippen molar-refractivity contribution in [3.8, 4) is 0 Å². The molecular formula is C13H10FNO5. The maximum Gasteiger partial charge on any atom is 0.337 e. The second kappa shape index (κ2) is 4.38. The lowest BCUT2D eigenvalue weighted by Gasteiger charge is -2.30. The van der Waals surface area contributed by atoms with Gasteiger partial charge >= 0.3 is 5.97 Å². The van der Waals surface area contributed by atoms with E-state index in [9.17, 15) is 18.8 Å². The molecule has 2 bridgehead atoms. The first-order valence-corrected chi connectivity index (χ1v) is 6.06. The van der Waals surface area contributed by atoms with Crippen LogP contribution in [0.3, 0.4) is 0 Å². The van der Waals surface area contributed by atoms with Crippen molar-refractivity contribution in [3.05, 3.63) is 29.6 Å². The van der Waals surface area contributed by atoms with Crippen molar-refractivity contribution >= 4 is 23.5 Å². The highest BCUT2D eigenvalue weighted by molar-refractivity contribution is 6.21. The molecule has 2 aliphatic heterocycles. The zero-order chi connectivity index (χ0) is 14.4. The number of benzene rings is 1. The van der Waals surface area contributed by atoms with Crippen molar-refractivity contribution in [3.63, 3.8) is 0 Å². The van der Waals surface area contributed by atoms with Crippen LogP contribution in [-0.4, -0.2) is 35.1 Å². The fourth-order valence-electron chi connectivity index (χ4n) is 2.53. The van der Waals surface area contributed by atoms with Gasteiger partial charge in [0.05, 0.1) is 5.56 Å². The van der Waals surface area contributed by atoms with Crippen LogP contribution in [0, 0.1) is 5.82 Å². The molecule has 1 N–H and O–H groups in total. The Morgan fingerprint density at radius 3 is 2.40 bits per heavy atom. The molecule has 2 saturated heterocycles. The van der Waals surface area contributed by atoms with Crippen molar-refractivity contribution < 1.29 is 28.6 Å². The summed E-state index contributed by atoms with van der Waals surface area (Å²) in [6.45, 7) is 0. The molecule has 2 unspecified atom stereocenters. The summed E-state index contributed by atoms with van der Waals surface area (Å²) in [6.07, 6.45) is -0.858. The van der Waals surface area contributed by atoms with E-state index in [1.807, 2.05) is 0 Å². The number of nitrogens with zero attached hydrogens (tertiary/aromatic N) is 1. The second-order valence-electron chi connectivity index (χ2n) is 4.64. The quantitative estimate of drug-likeness (QED) is 0.815. The van der Waals surface area contributed by atoms with Crippen LogP contribution in [0.2, 0.25) is 0 Å². The number of carbonyl (C=O) groups is 3. The number of hydrogen-bond donors (Lipinski definition) is 1. The van der Waals surface area contributed by atoms with Gasteiger partial charge in [0.1, 0.15) is 23.7 Å². The number of rotatable bonds is 2. The number of imide groups is 1. The molecule has 2 aliphatic rings. The number of anilines is 1. The monoisotopic (exact) mass is 279 g/mol. The van der Waals surface area contributed by atoms with Gasteiger partial charge < -0.3 is 9.84 Å². The first kappa shape index (κ1) is 12.7. The van der Waals surface area contributed by atoms with E-state index in [1.54, 1.807) is 0 Å². The molecule has 2 heterocycles. The number of carbonyl (C=O) groups excluding carboxylic acids is 2. The SMILES string of the molecule is O=C(O)c1cccc(F)c1N1C(=O)C2CCC(O2)C1=O. The Balaban J connectivity index is 2.15. The van der Waals surface area contributed by atoms with Crippen LogP contribution in [-0.2, 0) is 14.3 Å². The van der Waals surface area contributed by atoms with E-state index in [0.717, 1.165) is 12.1 Å². The van der Waals surface area contributed by atoms with Crippen LogP contribution in [0.4, 0.5) is 10.1 Å². The van der Waals surface area contributed by atoms with E-state index in [0.29, 0.717) is 17.7 Å². The molecular weight excluding hydrogens is 269 g/mol. The average molecular weight is 279 g/mol. The summed E-state index contributed by atoms with van der Waals surface area (Å²) in [6, 6.07) is 3.38. The molecule has 0 spiro atoms. The summed E-state index contributed by atoms with van der Waals surface area (Å²) < 4.78 is 19.2. The number of carboxylic acids is 1. The highest BCUT2D eigenvalue weighted by Crippen LogP contribution is 2.34. The van der Waals surface area contributed by atoms with Gasteiger partial charge in [0.25, 0.3) is 11.8 Å². The fraction of sp³-hybridized carbons (Fsp3) is 0.308. The third kappa shape index (κ3) is 1.70. The molecule has 1 aromatic carbocycles. The molecule has 1 aromatic rings. The molecule has 0 radical (unpaired) electrons. The van der Waals surface area contributed by atoms with Crippen molar-refractivity contribution in [2.24, 2.45) is 0 Å². The maximum absolute atomic E-state index is 14.0. The summed E-state index contributed by atoms with van der Waals surface area (Å²) in [7, 11) is 0. The summed E-state index contributed by atoms with van der Waals surface area (Å²) in [5, 5.41) is 9.09. The van der Waals surface area contributed by atoms with Gasteiger partial charge in [-0.3, -0.25) is 9.59 Å². The number of hydrogen-bond acceptors (Lipinski definition) is 4. The Bertz CT molecular complexity index is 607. The summed E-state index contributed by atoms with van der Waals surface area (Å²) in [5.74, 6) is -3.75. The molecule has 7 heteroatoms. The Morgan fingerprint density at radius 2 is 1.85 bits per heavy atom. The predicted octanol–water partition coefficient (Wildman–Crippen LogP) is 0.945. The largest absolute Gasteiger partial charge is 0.478 e. The molecule has 104 valence electrons. The first-order chi connectivity index (χ1) is 9.50. The zero-order valence-electron chi connectivity index (χ0n) is 10.2. The summed E-state index contributed by atoms with van der Waals surface area (Å²) in [4.78, 5) is 36.1. The number of amides is 2. The minimum Gasteiger partial charge on any atom is -0.478 e. The van der Waals surface area contributed by atoms with Crippen molar-refractivity contribution in [2.75, 3.05) is 4.90 Å². The number of halogens is 1. The fourth-order valence-corrected chi connectivity index (χ4v) is 2.53. The molecule has 20 heavy (non-hydrogen) atoms. The minimum absolute atomic E-state index is 0.378. The highest BCUT2D eigenvalue weighted by atomic mass is 19.1. The van der Waals surface area contributed by atoms with Crippen LogP contribution in [0.15, 0.2) is 18.2 Å². The Kier molecular flexibility index (Phi) is 2.79. The van der Waals surface area contributed by atoms with E-state index in [2.05, 4.69) is 0 Å². The lowest BCUT2D eigenvalue weighted by Crippen LogP contribution is -2.52. The Hall–Kier alpha value is -2.28. The van der Waals surface area contributed by atoms with E-state index < -0.39 is 47.1 Å². The van der Waals surface area contributed by atoms with Crippen LogP contribution < -0.4 is 4.90 Å². The molecule has 2 fully saturated rings. The van der Waals surface area contributed by atoms with Crippen LogP contribution in [0.5, 0.6) is 0 Å². The summed E-state index contributed by atoms with van der Waals surface area (Å²) >= 11 is 0. The van der Waals surface area contributed by atoms with Gasteiger partial charge in [-0.15, -0.1) is 0 Å². The van der Waals surface area contributed by atoms with E-state index in [4.69, 9.17) is 9.84 Å². The Labute approximate surface area is 112 Å². The number of fused-ring (bicyclic) bond motifs is 2. The highest BCUT2D eigenvalue weighted by Gasteiger charge is 2.48. The van der Waals surface area contributed by atoms with Gasteiger partial charge in [-0.25, -0.2) is 14.1 Å². The van der Waals surface area contributed by atoms with Crippen molar-refractivity contribution in [2.45, 2.75) is 25.0 Å². The van der Waals surface area contributed by atoms with Gasteiger partial charge in [-0.2, -0.15) is 0 Å². The smallest absolute Gasteiger partial charge is 0.337 e. The topological polar surface area (TPSA) is 83.9 Å². The second-order valence-corrected chi connectivity index (χ2v) is 4.64. The number of para-hydroxylation sites is 1. The van der Waals surface area contributed by atoms with E-state index in [1.165, 1.54) is 6.07 Å². The van der Waals surface area contributed by atoms with Crippen LogP contribution >= 0.6 is 0 Å². The predicted molar refractivity (Wildman–Crippen MR) is 63.7 cm³/mol. The Morgan fingerprint density at radius 1 is 1.25 bits per heavy atom. The molecule has 2 amide bonds. The molecule has 2 atom stereocenters. The van der Waals surface area contributed by atoms with Crippen LogP contribution in [0.1, 0.15) is 23.2 Å². The standard InChI is InChI=1S/C13H10FNO5/c14-7-3-1-2-6(13(18)19)10(7)15-11(16)8-4-5-9(20-8)12(15)17/h1-3,8-9H,4-5H2,(H,18,19). The van der Waals surface area contributed by atoms with Gasteiger partial charge in [-0.05, 0) is 25.0 Å². The van der Waals surface area contributed by atoms with Gasteiger partial charge in [-0.1, -0.05) is 6.07 Å². The van der Waals surface area contributed by atoms with Crippen molar-refractivity contribution in [1.29, 1.82) is 0 Å². The van der Waals surface area contributed by atoms with E-state index in [-0.39, 0.29) is 0 Å². The maximum atomic E-state index is 14.0. The molecule has 3 rings (SSSR count). The third-order valence-electron chi connectivity index (χ3n) is 3.45. The van der Waals surface area contributed by atoms with E-state index >= 15 is 0 Å². The molecule has 6 nitrogen and oxygen atoms in total. The van der Waals surface area contributed by atoms with Gasteiger partial charge in [0.15, 0.2) is 0 Å². The molecule has 0 saturated carbocycles. The molecule has 0 aliphatic carbocycles. The lowest BCUT2D eigenvalue weighted by molar-refractivity contribution is -0.146. The van der Waals surface area contributed by atoms with Gasteiger partial charge in [0, 0.05) is 0 Å². The van der Waals surface area contributed by atoms with Crippen molar-refractivity contribution in [1.82, 2.24) is 0 Å². The number of aromatic carboxylic acids is 1. The lowest BCUT2D eigenvalue weighted by atomic mass is 10.1. The third-order valence-corrected chi connectivity index (χ3v) is 3.45. The first-order valence-electron chi connectivity index (χ1n) is 6.06. The van der Waals surface area contributed by atoms with Crippen LogP contribution in [0.25, 0.3) is 0 Å². The van der Waals surface area contributed by atoms with Gasteiger partial charge in [0.2, 0.25) is 0 Å². The molecule has 0 aromatic heterocycles. The summed E-state index contributed by atoms with van der Waals surface area (Å²) in [5.41, 5.74) is -0.928.